The molecular formula is C18H19ClN2O4S. The zero-order chi connectivity index (χ0) is 19.3. The molecule has 0 aliphatic heterocycles. The molecule has 0 aliphatic carbocycles. The molecule has 0 saturated carbocycles. The summed E-state index contributed by atoms with van der Waals surface area (Å²) >= 11 is 5.93. The normalized spacial score (nSPS) is 11.2. The summed E-state index contributed by atoms with van der Waals surface area (Å²) < 4.78 is 23.7. The molecule has 0 radical (unpaired) electrons. The number of carbonyl (C=O) groups is 2. The molecule has 0 unspecified atom stereocenters. The molecule has 0 heterocycles. The molecule has 8 heteroatoms. The number of sulfone groups is 1. The van der Waals surface area contributed by atoms with Gasteiger partial charge in [0, 0.05) is 31.3 Å². The van der Waals surface area contributed by atoms with Crippen LogP contribution in [0, 0.1) is 0 Å². The van der Waals surface area contributed by atoms with Crippen LogP contribution in [0.2, 0.25) is 5.02 Å². The van der Waals surface area contributed by atoms with Crippen molar-refractivity contribution in [2.24, 2.45) is 5.73 Å². The molecule has 2 aromatic carbocycles. The second kappa shape index (κ2) is 8.33. The van der Waals surface area contributed by atoms with E-state index in [1.807, 2.05) is 30.3 Å². The summed E-state index contributed by atoms with van der Waals surface area (Å²) in [4.78, 5) is 25.4. The van der Waals surface area contributed by atoms with Gasteiger partial charge in [0.15, 0.2) is 9.84 Å². The number of nitrogens with zero attached hydrogens (tertiary/aromatic N) is 1. The molecule has 2 rings (SSSR count). The van der Waals surface area contributed by atoms with Gasteiger partial charge in [-0.15, -0.1) is 0 Å². The minimum Gasteiger partial charge on any atom is -0.370 e. The molecule has 2 amide bonds. The lowest BCUT2D eigenvalue weighted by molar-refractivity contribution is -0.118. The molecule has 0 spiro atoms. The summed E-state index contributed by atoms with van der Waals surface area (Å²) in [6, 6.07) is 13.3. The van der Waals surface area contributed by atoms with Crippen molar-refractivity contribution in [3.05, 3.63) is 64.7 Å². The third kappa shape index (κ3) is 5.31. The second-order valence-corrected chi connectivity index (χ2v) is 8.24. The van der Waals surface area contributed by atoms with E-state index < -0.39 is 21.7 Å². The Bertz CT molecular complexity index is 914. The third-order valence-corrected chi connectivity index (χ3v) is 5.29. The van der Waals surface area contributed by atoms with Crippen molar-refractivity contribution in [3.8, 4) is 0 Å². The number of hydrogen-bond donors (Lipinski definition) is 1. The first-order valence-corrected chi connectivity index (χ1v) is 10.1. The highest BCUT2D eigenvalue weighted by atomic mass is 35.5. The summed E-state index contributed by atoms with van der Waals surface area (Å²) in [5, 5.41) is 0.0517. The van der Waals surface area contributed by atoms with Gasteiger partial charge in [-0.3, -0.25) is 9.59 Å². The zero-order valence-electron chi connectivity index (χ0n) is 14.2. The Morgan fingerprint density at radius 2 is 1.77 bits per heavy atom. The SMILES string of the molecule is CS(=O)(=O)c1cc(C(=O)N(CCC(N)=O)Cc2ccccc2)ccc1Cl. The molecule has 2 N–H and O–H groups in total. The monoisotopic (exact) mass is 394 g/mol. The standard InChI is InChI=1S/C18H19ClN2O4S/c1-26(24,25)16-11-14(7-8-15(16)19)18(23)21(10-9-17(20)22)12-13-5-3-2-4-6-13/h2-8,11H,9-10,12H2,1H3,(H2,20,22). The van der Waals surface area contributed by atoms with E-state index in [2.05, 4.69) is 0 Å². The van der Waals surface area contributed by atoms with Crippen molar-refractivity contribution in [1.82, 2.24) is 4.90 Å². The van der Waals surface area contributed by atoms with Crippen LogP contribution in [0.5, 0.6) is 0 Å². The van der Waals surface area contributed by atoms with Crippen LogP contribution < -0.4 is 5.73 Å². The van der Waals surface area contributed by atoms with Gasteiger partial charge in [0.2, 0.25) is 5.91 Å². The molecule has 0 aliphatic rings. The van der Waals surface area contributed by atoms with Crippen LogP contribution in [-0.2, 0) is 21.2 Å². The van der Waals surface area contributed by atoms with Gasteiger partial charge in [-0.25, -0.2) is 8.42 Å². The highest BCUT2D eigenvalue weighted by molar-refractivity contribution is 7.90. The van der Waals surface area contributed by atoms with E-state index in [-0.39, 0.29) is 35.0 Å². The number of primary amides is 1. The number of nitrogens with two attached hydrogens (primary N) is 1. The minimum absolute atomic E-state index is 0.00506. The maximum Gasteiger partial charge on any atom is 0.254 e. The average Bonchev–Trinajstić information content (AvgIpc) is 2.58. The fourth-order valence-electron chi connectivity index (χ4n) is 2.40. The first-order chi connectivity index (χ1) is 12.2. The van der Waals surface area contributed by atoms with Crippen molar-refractivity contribution in [2.75, 3.05) is 12.8 Å². The van der Waals surface area contributed by atoms with Crippen LogP contribution in [0.15, 0.2) is 53.4 Å². The van der Waals surface area contributed by atoms with E-state index in [1.165, 1.54) is 23.1 Å². The Balaban J connectivity index is 2.35. The van der Waals surface area contributed by atoms with E-state index in [1.54, 1.807) is 0 Å². The van der Waals surface area contributed by atoms with Gasteiger partial charge in [-0.1, -0.05) is 41.9 Å². The molecule has 0 saturated heterocycles. The van der Waals surface area contributed by atoms with Gasteiger partial charge in [-0.05, 0) is 23.8 Å². The maximum absolute atomic E-state index is 12.9. The van der Waals surface area contributed by atoms with E-state index in [0.717, 1.165) is 11.8 Å². The second-order valence-electron chi connectivity index (χ2n) is 5.85. The fraction of sp³-hybridized carbons (Fsp3) is 0.222. The lowest BCUT2D eigenvalue weighted by Crippen LogP contribution is -2.33. The molecule has 0 atom stereocenters. The molecule has 2 aromatic rings. The first kappa shape index (κ1) is 19.9. The highest BCUT2D eigenvalue weighted by Crippen LogP contribution is 2.23. The van der Waals surface area contributed by atoms with Crippen molar-refractivity contribution in [3.63, 3.8) is 0 Å². The van der Waals surface area contributed by atoms with E-state index >= 15 is 0 Å². The van der Waals surface area contributed by atoms with E-state index in [0.29, 0.717) is 0 Å². The summed E-state index contributed by atoms with van der Waals surface area (Å²) in [7, 11) is -3.58. The number of benzene rings is 2. The Morgan fingerprint density at radius 3 is 2.35 bits per heavy atom. The minimum atomic E-state index is -3.58. The number of hydrogen-bond acceptors (Lipinski definition) is 4. The van der Waals surface area contributed by atoms with E-state index in [9.17, 15) is 18.0 Å². The first-order valence-electron chi connectivity index (χ1n) is 7.79. The van der Waals surface area contributed by atoms with Crippen molar-refractivity contribution < 1.29 is 18.0 Å². The Morgan fingerprint density at radius 1 is 1.12 bits per heavy atom. The Hall–Kier alpha value is -2.38. The summed E-state index contributed by atoms with van der Waals surface area (Å²) in [6.07, 6.45) is 1.03. The lowest BCUT2D eigenvalue weighted by Gasteiger charge is -2.23. The van der Waals surface area contributed by atoms with Crippen LogP contribution in [-0.4, -0.2) is 37.9 Å². The Kier molecular flexibility index (Phi) is 6.39. The number of halogens is 1. The molecule has 0 aromatic heterocycles. The van der Waals surface area contributed by atoms with E-state index in [4.69, 9.17) is 17.3 Å². The van der Waals surface area contributed by atoms with Crippen LogP contribution in [0.4, 0.5) is 0 Å². The summed E-state index contributed by atoms with van der Waals surface area (Å²) in [5.74, 6) is -0.930. The predicted molar refractivity (Wildman–Crippen MR) is 99.6 cm³/mol. The summed E-state index contributed by atoms with van der Waals surface area (Å²) in [5.41, 5.74) is 6.25. The maximum atomic E-state index is 12.9. The molecule has 6 nitrogen and oxygen atoms in total. The third-order valence-electron chi connectivity index (χ3n) is 3.71. The van der Waals surface area contributed by atoms with Crippen molar-refractivity contribution >= 4 is 33.3 Å². The van der Waals surface area contributed by atoms with Crippen LogP contribution in [0.1, 0.15) is 22.3 Å². The van der Waals surface area contributed by atoms with Crippen molar-refractivity contribution in [2.45, 2.75) is 17.9 Å². The zero-order valence-corrected chi connectivity index (χ0v) is 15.8. The number of amides is 2. The predicted octanol–water partition coefficient (Wildman–Crippen LogP) is 2.26. The summed E-state index contributed by atoms with van der Waals surface area (Å²) in [6.45, 7) is 0.393. The van der Waals surface area contributed by atoms with Crippen LogP contribution >= 0.6 is 11.6 Å². The molecule has 138 valence electrons. The fourth-order valence-corrected chi connectivity index (χ4v) is 3.71. The number of carbonyl (C=O) groups excluding carboxylic acids is 2. The average molecular weight is 395 g/mol. The van der Waals surface area contributed by atoms with Crippen LogP contribution in [0.25, 0.3) is 0 Å². The van der Waals surface area contributed by atoms with Crippen LogP contribution in [0.3, 0.4) is 0 Å². The highest BCUT2D eigenvalue weighted by Gasteiger charge is 2.20. The van der Waals surface area contributed by atoms with Crippen molar-refractivity contribution in [1.29, 1.82) is 0 Å². The molecule has 26 heavy (non-hydrogen) atoms. The lowest BCUT2D eigenvalue weighted by atomic mass is 10.1. The molecular weight excluding hydrogens is 376 g/mol. The van der Waals surface area contributed by atoms with Gasteiger partial charge >= 0.3 is 0 Å². The quantitative estimate of drug-likeness (QED) is 0.778. The number of rotatable bonds is 7. The molecule has 0 bridgehead atoms. The smallest absolute Gasteiger partial charge is 0.254 e. The van der Waals surface area contributed by atoms with Gasteiger partial charge < -0.3 is 10.6 Å². The molecule has 0 fully saturated rings. The van der Waals surface area contributed by atoms with Gasteiger partial charge in [0.05, 0.1) is 9.92 Å². The Labute approximate surface area is 157 Å². The largest absolute Gasteiger partial charge is 0.370 e. The van der Waals surface area contributed by atoms with Gasteiger partial charge in [0.25, 0.3) is 5.91 Å². The van der Waals surface area contributed by atoms with Gasteiger partial charge in [0.1, 0.15) is 0 Å². The van der Waals surface area contributed by atoms with Gasteiger partial charge in [-0.2, -0.15) is 0 Å². The topological polar surface area (TPSA) is 97.5 Å².